The Morgan fingerprint density at radius 2 is 1.58 bits per heavy atom. The summed E-state index contributed by atoms with van der Waals surface area (Å²) in [6.45, 7) is -0.120. The zero-order valence-electron chi connectivity index (χ0n) is 13.2. The van der Waals surface area contributed by atoms with Gasteiger partial charge in [-0.2, -0.15) is 9.78 Å². The van der Waals surface area contributed by atoms with Gasteiger partial charge in [0, 0.05) is 18.7 Å². The minimum absolute atomic E-state index is 0.0780. The molecule has 5 nitrogen and oxygen atoms in total. The molecule has 0 aliphatic heterocycles. The van der Waals surface area contributed by atoms with Gasteiger partial charge in [0.15, 0.2) is 0 Å². The molecule has 0 aliphatic rings. The Morgan fingerprint density at radius 1 is 0.923 bits per heavy atom. The Bertz CT molecular complexity index is 997. The Morgan fingerprint density at radius 3 is 2.23 bits per heavy atom. The lowest BCUT2D eigenvalue weighted by Gasteiger charge is -2.08. The van der Waals surface area contributed by atoms with Crippen molar-refractivity contribution >= 4 is 5.91 Å². The molecule has 26 heavy (non-hydrogen) atoms. The second kappa shape index (κ2) is 7.22. The molecule has 0 radical (unpaired) electrons. The summed E-state index contributed by atoms with van der Waals surface area (Å²) < 4.78 is 40.3. The minimum Gasteiger partial charge on any atom is -0.347 e. The minimum atomic E-state index is -0.753. The van der Waals surface area contributed by atoms with Crippen LogP contribution in [-0.4, -0.2) is 15.7 Å². The lowest BCUT2D eigenvalue weighted by atomic mass is 10.2. The summed E-state index contributed by atoms with van der Waals surface area (Å²) >= 11 is 0. The summed E-state index contributed by atoms with van der Waals surface area (Å²) in [4.78, 5) is 24.1. The quantitative estimate of drug-likeness (QED) is 0.779. The normalized spacial score (nSPS) is 10.6. The van der Waals surface area contributed by atoms with Crippen LogP contribution in [0.1, 0.15) is 16.1 Å². The molecule has 1 heterocycles. The van der Waals surface area contributed by atoms with Crippen LogP contribution in [-0.2, 0) is 6.54 Å². The first-order valence-corrected chi connectivity index (χ1v) is 7.52. The third kappa shape index (κ3) is 3.97. The van der Waals surface area contributed by atoms with Crippen LogP contribution in [0, 0.1) is 17.5 Å². The summed E-state index contributed by atoms with van der Waals surface area (Å²) in [6, 6.07) is 10.3. The van der Waals surface area contributed by atoms with Crippen molar-refractivity contribution in [3.63, 3.8) is 0 Å². The van der Waals surface area contributed by atoms with Crippen LogP contribution in [0.5, 0.6) is 0 Å². The Labute approximate surface area is 145 Å². The third-order valence-corrected chi connectivity index (χ3v) is 3.48. The van der Waals surface area contributed by atoms with Gasteiger partial charge in [0.1, 0.15) is 23.1 Å². The molecule has 0 saturated heterocycles. The molecule has 1 aromatic heterocycles. The topological polar surface area (TPSA) is 64.0 Å². The van der Waals surface area contributed by atoms with Crippen molar-refractivity contribution in [1.82, 2.24) is 15.1 Å². The average molecular weight is 359 g/mol. The van der Waals surface area contributed by atoms with Gasteiger partial charge in [-0.1, -0.05) is 0 Å². The number of nitrogens with one attached hydrogen (secondary N) is 1. The van der Waals surface area contributed by atoms with Crippen LogP contribution in [0.15, 0.2) is 59.4 Å². The predicted octanol–water partition coefficient (Wildman–Crippen LogP) is 2.58. The molecule has 0 spiro atoms. The molecule has 0 atom stereocenters. The molecule has 0 fully saturated rings. The second-order valence-corrected chi connectivity index (χ2v) is 5.41. The zero-order chi connectivity index (χ0) is 18.7. The van der Waals surface area contributed by atoms with Crippen molar-refractivity contribution in [2.75, 3.05) is 0 Å². The molecule has 132 valence electrons. The molecule has 1 amide bonds. The lowest BCUT2D eigenvalue weighted by molar-refractivity contribution is 0.0944. The summed E-state index contributed by atoms with van der Waals surface area (Å²) in [5, 5.41) is 6.41. The van der Waals surface area contributed by atoms with Crippen molar-refractivity contribution in [3.05, 3.63) is 93.7 Å². The van der Waals surface area contributed by atoms with E-state index in [1.54, 1.807) is 0 Å². The van der Waals surface area contributed by atoms with Crippen molar-refractivity contribution in [2.24, 2.45) is 0 Å². The van der Waals surface area contributed by atoms with E-state index in [0.717, 1.165) is 41.1 Å². The van der Waals surface area contributed by atoms with E-state index in [1.807, 2.05) is 0 Å². The molecular formula is C18H12F3N3O2. The smallest absolute Gasteiger partial charge is 0.272 e. The van der Waals surface area contributed by atoms with Crippen LogP contribution >= 0.6 is 0 Å². The maximum absolute atomic E-state index is 13.2. The number of hydrogen-bond donors (Lipinski definition) is 1. The monoisotopic (exact) mass is 359 g/mol. The van der Waals surface area contributed by atoms with Gasteiger partial charge < -0.3 is 5.32 Å². The SMILES string of the molecule is O=C(NCc1cc(F)cc(F)c1)c1ccc(=O)n(-c2ccc(F)cc2)n1. The molecule has 0 unspecified atom stereocenters. The Balaban J connectivity index is 1.80. The van der Waals surface area contributed by atoms with Crippen LogP contribution in [0.2, 0.25) is 0 Å². The van der Waals surface area contributed by atoms with Gasteiger partial charge in [0.2, 0.25) is 0 Å². The van der Waals surface area contributed by atoms with E-state index >= 15 is 0 Å². The standard InChI is InChI=1S/C18H12F3N3O2/c19-12-1-3-15(4-2-12)24-17(25)6-5-16(23-24)18(26)22-10-11-7-13(20)9-14(21)8-11/h1-9H,10H2,(H,22,26). The highest BCUT2D eigenvalue weighted by atomic mass is 19.1. The van der Waals surface area contributed by atoms with Gasteiger partial charge in [-0.05, 0) is 48.0 Å². The van der Waals surface area contributed by atoms with Gasteiger partial charge in [-0.3, -0.25) is 9.59 Å². The van der Waals surface area contributed by atoms with Crippen molar-refractivity contribution < 1.29 is 18.0 Å². The molecule has 3 aromatic rings. The number of rotatable bonds is 4. The van der Waals surface area contributed by atoms with Crippen LogP contribution in [0.4, 0.5) is 13.2 Å². The highest BCUT2D eigenvalue weighted by Gasteiger charge is 2.11. The van der Waals surface area contributed by atoms with E-state index in [4.69, 9.17) is 0 Å². The first-order chi connectivity index (χ1) is 12.4. The molecular weight excluding hydrogens is 347 g/mol. The Kier molecular flexibility index (Phi) is 4.83. The van der Waals surface area contributed by atoms with Gasteiger partial charge in [0.25, 0.3) is 11.5 Å². The van der Waals surface area contributed by atoms with E-state index in [1.165, 1.54) is 18.2 Å². The Hall–Kier alpha value is -3.42. The first kappa shape index (κ1) is 17.4. The molecule has 3 rings (SSSR count). The summed E-state index contributed by atoms with van der Waals surface area (Å²) in [5.41, 5.74) is -0.0490. The van der Waals surface area contributed by atoms with Crippen molar-refractivity contribution in [3.8, 4) is 5.69 Å². The average Bonchev–Trinajstić information content (AvgIpc) is 2.60. The highest BCUT2D eigenvalue weighted by Crippen LogP contribution is 2.08. The van der Waals surface area contributed by atoms with Crippen molar-refractivity contribution in [1.29, 1.82) is 0 Å². The number of carbonyl (C=O) groups is 1. The van der Waals surface area contributed by atoms with Crippen molar-refractivity contribution in [2.45, 2.75) is 6.54 Å². The van der Waals surface area contributed by atoms with E-state index in [2.05, 4.69) is 10.4 Å². The van der Waals surface area contributed by atoms with Gasteiger partial charge in [0.05, 0.1) is 5.69 Å². The number of aromatic nitrogens is 2. The summed E-state index contributed by atoms with van der Waals surface area (Å²) in [6.07, 6.45) is 0. The molecule has 2 aromatic carbocycles. The van der Waals surface area contributed by atoms with Gasteiger partial charge in [-0.25, -0.2) is 13.2 Å². The fourth-order valence-electron chi connectivity index (χ4n) is 2.29. The third-order valence-electron chi connectivity index (χ3n) is 3.48. The van der Waals surface area contributed by atoms with Crippen LogP contribution in [0.3, 0.4) is 0 Å². The number of benzene rings is 2. The van der Waals surface area contributed by atoms with E-state index in [9.17, 15) is 22.8 Å². The number of amides is 1. The molecule has 1 N–H and O–H groups in total. The van der Waals surface area contributed by atoms with Gasteiger partial charge in [-0.15, -0.1) is 0 Å². The number of nitrogens with zero attached hydrogens (tertiary/aromatic N) is 2. The highest BCUT2D eigenvalue weighted by molar-refractivity contribution is 5.92. The molecule has 0 aliphatic carbocycles. The summed E-state index contributed by atoms with van der Waals surface area (Å²) in [5.74, 6) is -2.61. The predicted molar refractivity (Wildman–Crippen MR) is 87.3 cm³/mol. The largest absolute Gasteiger partial charge is 0.347 e. The fraction of sp³-hybridized carbons (Fsp3) is 0.0556. The summed E-state index contributed by atoms with van der Waals surface area (Å²) in [7, 11) is 0. The lowest BCUT2D eigenvalue weighted by Crippen LogP contribution is -2.28. The maximum Gasteiger partial charge on any atom is 0.272 e. The second-order valence-electron chi connectivity index (χ2n) is 5.41. The van der Waals surface area contributed by atoms with Crippen LogP contribution < -0.4 is 10.9 Å². The number of carbonyl (C=O) groups excluding carboxylic acids is 1. The maximum atomic E-state index is 13.2. The number of hydrogen-bond acceptors (Lipinski definition) is 3. The molecule has 0 bridgehead atoms. The number of halogens is 3. The van der Waals surface area contributed by atoms with Crippen LogP contribution in [0.25, 0.3) is 5.69 Å². The van der Waals surface area contributed by atoms with E-state index in [0.29, 0.717) is 5.69 Å². The zero-order valence-corrected chi connectivity index (χ0v) is 13.2. The van der Waals surface area contributed by atoms with E-state index < -0.39 is 28.9 Å². The fourth-order valence-corrected chi connectivity index (χ4v) is 2.29. The first-order valence-electron chi connectivity index (χ1n) is 7.52. The molecule has 0 saturated carbocycles. The molecule has 8 heteroatoms. The van der Waals surface area contributed by atoms with E-state index in [-0.39, 0.29) is 17.8 Å². The van der Waals surface area contributed by atoms with Gasteiger partial charge >= 0.3 is 0 Å².